The number of rotatable bonds is 2. The normalized spacial score (nSPS) is 34.5. The van der Waals surface area contributed by atoms with Gasteiger partial charge in [-0.3, -0.25) is 4.90 Å². The highest BCUT2D eigenvalue weighted by Gasteiger charge is 2.45. The van der Waals surface area contributed by atoms with Crippen molar-refractivity contribution in [1.29, 1.82) is 0 Å². The first-order valence-electron chi connectivity index (χ1n) is 6.74. The van der Waals surface area contributed by atoms with E-state index in [0.29, 0.717) is 22.1 Å². The third-order valence-corrected chi connectivity index (χ3v) is 5.60. The topological polar surface area (TPSA) is 20.3 Å². The first kappa shape index (κ1) is 13.4. The van der Waals surface area contributed by atoms with Crippen molar-refractivity contribution >= 4 is 29.5 Å². The summed E-state index contributed by atoms with van der Waals surface area (Å²) >= 11 is 12.1. The molecule has 0 saturated carbocycles. The lowest BCUT2D eigenvalue weighted by atomic mass is 9.77. The maximum Gasteiger partial charge on any atom is 0.125 e. The van der Waals surface area contributed by atoms with E-state index >= 15 is 0 Å². The molecule has 4 heteroatoms. The predicted octanol–water partition coefficient (Wildman–Crippen LogP) is 3.76. The zero-order valence-electron chi connectivity index (χ0n) is 10.9. The molecule has 1 aromatic rings. The van der Waals surface area contributed by atoms with Crippen LogP contribution in [-0.2, 0) is 4.79 Å². The second-order valence-electron chi connectivity index (χ2n) is 5.69. The molecule has 2 heterocycles. The number of hydrogen-bond acceptors (Lipinski definition) is 2. The van der Waals surface area contributed by atoms with Crippen LogP contribution in [0.4, 0.5) is 0 Å². The molecule has 2 saturated heterocycles. The summed E-state index contributed by atoms with van der Waals surface area (Å²) in [5.74, 6) is 0.349. The summed E-state index contributed by atoms with van der Waals surface area (Å²) in [6.07, 6.45) is 4.50. The zero-order valence-corrected chi connectivity index (χ0v) is 12.4. The van der Waals surface area contributed by atoms with E-state index in [1.807, 2.05) is 18.2 Å². The number of nitrogens with zero attached hydrogens (tertiary/aromatic N) is 1. The fraction of sp³-hybridized carbons (Fsp3) is 0.533. The van der Waals surface area contributed by atoms with Crippen molar-refractivity contribution in [3.05, 3.63) is 33.8 Å². The molecule has 0 amide bonds. The Morgan fingerprint density at radius 1 is 1.26 bits per heavy atom. The molecule has 2 bridgehead atoms. The van der Waals surface area contributed by atoms with Gasteiger partial charge in [-0.1, -0.05) is 29.3 Å². The Bertz CT molecular complexity index is 505. The summed E-state index contributed by atoms with van der Waals surface area (Å²) in [7, 11) is 2.14. The Hall–Kier alpha value is -0.570. The van der Waals surface area contributed by atoms with Crippen molar-refractivity contribution in [1.82, 2.24) is 4.90 Å². The molecule has 3 rings (SSSR count). The highest BCUT2D eigenvalue weighted by Crippen LogP contribution is 2.45. The summed E-state index contributed by atoms with van der Waals surface area (Å²) in [5, 5.41) is 1.15. The molecular formula is C15H17Cl2NO. The fourth-order valence-electron chi connectivity index (χ4n) is 3.79. The van der Waals surface area contributed by atoms with Gasteiger partial charge in [-0.2, -0.15) is 0 Å². The van der Waals surface area contributed by atoms with Crippen LogP contribution >= 0.6 is 23.2 Å². The third kappa shape index (κ3) is 2.20. The molecule has 2 aliphatic heterocycles. The molecule has 0 unspecified atom stereocenters. The van der Waals surface area contributed by atoms with E-state index in [2.05, 4.69) is 11.9 Å². The standard InChI is InChI=1S/C15H17Cl2NO/c1-18-10-3-5-15(18)12(8-19)11(7-10)9-2-4-13(16)14(17)6-9/h2,4,6,8,10-12,15H,3,5,7H2,1H3/t10-,11+,12+,15+/m0/s1. The lowest BCUT2D eigenvalue weighted by Gasteiger charge is -2.41. The van der Waals surface area contributed by atoms with Gasteiger partial charge in [0.05, 0.1) is 10.0 Å². The van der Waals surface area contributed by atoms with Gasteiger partial charge in [-0.05, 0) is 49.9 Å². The maximum atomic E-state index is 11.5. The van der Waals surface area contributed by atoms with Crippen LogP contribution in [0.3, 0.4) is 0 Å². The van der Waals surface area contributed by atoms with Gasteiger partial charge in [0.15, 0.2) is 0 Å². The molecule has 0 aromatic heterocycles. The average Bonchev–Trinajstić information content (AvgIpc) is 2.65. The summed E-state index contributed by atoms with van der Waals surface area (Å²) in [6, 6.07) is 6.76. The fourth-order valence-corrected chi connectivity index (χ4v) is 4.10. The van der Waals surface area contributed by atoms with E-state index in [-0.39, 0.29) is 11.8 Å². The number of benzene rings is 1. The molecule has 1 aromatic carbocycles. The van der Waals surface area contributed by atoms with Gasteiger partial charge < -0.3 is 4.79 Å². The summed E-state index contributed by atoms with van der Waals surface area (Å²) in [4.78, 5) is 13.9. The highest BCUT2D eigenvalue weighted by molar-refractivity contribution is 6.42. The van der Waals surface area contributed by atoms with Crippen molar-refractivity contribution in [3.8, 4) is 0 Å². The lowest BCUT2D eigenvalue weighted by molar-refractivity contribution is -0.114. The molecule has 19 heavy (non-hydrogen) atoms. The predicted molar refractivity (Wildman–Crippen MR) is 77.9 cm³/mol. The van der Waals surface area contributed by atoms with E-state index in [4.69, 9.17) is 23.2 Å². The molecule has 2 fully saturated rings. The van der Waals surface area contributed by atoms with Crippen LogP contribution in [0.2, 0.25) is 10.0 Å². The monoisotopic (exact) mass is 297 g/mol. The van der Waals surface area contributed by atoms with Crippen LogP contribution in [0, 0.1) is 5.92 Å². The van der Waals surface area contributed by atoms with Crippen molar-refractivity contribution in [2.45, 2.75) is 37.3 Å². The van der Waals surface area contributed by atoms with Crippen LogP contribution in [0.15, 0.2) is 18.2 Å². The summed E-state index contributed by atoms with van der Waals surface area (Å²) in [5.41, 5.74) is 1.15. The van der Waals surface area contributed by atoms with Crippen LogP contribution in [0.1, 0.15) is 30.7 Å². The van der Waals surface area contributed by atoms with Crippen LogP contribution < -0.4 is 0 Å². The Labute approximate surface area is 123 Å². The molecule has 2 nitrogen and oxygen atoms in total. The van der Waals surface area contributed by atoms with Crippen LogP contribution in [0.5, 0.6) is 0 Å². The van der Waals surface area contributed by atoms with Gasteiger partial charge in [0.2, 0.25) is 0 Å². The summed E-state index contributed by atoms with van der Waals surface area (Å²) < 4.78 is 0. The lowest BCUT2D eigenvalue weighted by Crippen LogP contribution is -2.46. The van der Waals surface area contributed by atoms with E-state index in [1.54, 1.807) is 0 Å². The van der Waals surface area contributed by atoms with Gasteiger partial charge in [0, 0.05) is 18.0 Å². The molecule has 4 atom stereocenters. The second kappa shape index (κ2) is 5.08. The van der Waals surface area contributed by atoms with Gasteiger partial charge in [-0.15, -0.1) is 0 Å². The Balaban J connectivity index is 1.95. The third-order valence-electron chi connectivity index (χ3n) is 4.86. The van der Waals surface area contributed by atoms with Crippen molar-refractivity contribution in [2.75, 3.05) is 7.05 Å². The molecule has 0 radical (unpaired) electrons. The molecule has 0 aliphatic carbocycles. The van der Waals surface area contributed by atoms with E-state index < -0.39 is 0 Å². The Kier molecular flexibility index (Phi) is 3.59. The second-order valence-corrected chi connectivity index (χ2v) is 6.51. The minimum atomic E-state index is 0.0704. The van der Waals surface area contributed by atoms with Crippen molar-refractivity contribution < 1.29 is 4.79 Å². The largest absolute Gasteiger partial charge is 0.303 e. The Morgan fingerprint density at radius 3 is 2.74 bits per heavy atom. The SMILES string of the molecule is CN1[C@H]2CC[C@@H]1[C@H](C=O)[C@@H](c1ccc(Cl)c(Cl)c1)C2. The number of aldehydes is 1. The van der Waals surface area contributed by atoms with Crippen LogP contribution in [0.25, 0.3) is 0 Å². The van der Waals surface area contributed by atoms with Crippen molar-refractivity contribution in [3.63, 3.8) is 0 Å². The zero-order chi connectivity index (χ0) is 13.6. The molecule has 2 aliphatic rings. The van der Waals surface area contributed by atoms with Gasteiger partial charge in [0.25, 0.3) is 0 Å². The number of halogens is 2. The minimum absolute atomic E-state index is 0.0704. The van der Waals surface area contributed by atoms with Crippen LogP contribution in [-0.4, -0.2) is 30.3 Å². The first-order valence-corrected chi connectivity index (χ1v) is 7.49. The quantitative estimate of drug-likeness (QED) is 0.775. The number of fused-ring (bicyclic) bond motifs is 2. The molecular weight excluding hydrogens is 281 g/mol. The number of piperidine rings is 1. The first-order chi connectivity index (χ1) is 9.11. The van der Waals surface area contributed by atoms with Gasteiger partial charge in [-0.25, -0.2) is 0 Å². The number of carbonyl (C=O) groups excluding carboxylic acids is 1. The Morgan fingerprint density at radius 2 is 2.05 bits per heavy atom. The molecule has 102 valence electrons. The minimum Gasteiger partial charge on any atom is -0.303 e. The molecule has 0 N–H and O–H groups in total. The smallest absolute Gasteiger partial charge is 0.125 e. The number of hydrogen-bond donors (Lipinski definition) is 0. The van der Waals surface area contributed by atoms with E-state index in [9.17, 15) is 4.79 Å². The molecule has 0 spiro atoms. The maximum absolute atomic E-state index is 11.5. The van der Waals surface area contributed by atoms with E-state index in [0.717, 1.165) is 24.7 Å². The van der Waals surface area contributed by atoms with Gasteiger partial charge in [0.1, 0.15) is 6.29 Å². The summed E-state index contributed by atoms with van der Waals surface area (Å²) in [6.45, 7) is 0. The van der Waals surface area contributed by atoms with E-state index in [1.165, 1.54) is 6.42 Å². The highest BCUT2D eigenvalue weighted by atomic mass is 35.5. The average molecular weight is 298 g/mol. The van der Waals surface area contributed by atoms with Crippen molar-refractivity contribution in [2.24, 2.45) is 5.92 Å². The number of carbonyl (C=O) groups is 1. The van der Waals surface area contributed by atoms with Gasteiger partial charge >= 0.3 is 0 Å².